The number of aromatic amines is 1. The number of rotatable bonds is 3. The third-order valence-electron chi connectivity index (χ3n) is 5.57. The van der Waals surface area contributed by atoms with Crippen LogP contribution in [0.2, 0.25) is 0 Å². The first kappa shape index (κ1) is 15.4. The van der Waals surface area contributed by atoms with Gasteiger partial charge in [0.15, 0.2) is 6.67 Å². The van der Waals surface area contributed by atoms with Gasteiger partial charge < -0.3 is 4.90 Å². The predicted molar refractivity (Wildman–Crippen MR) is 105 cm³/mol. The number of benzene rings is 2. The summed E-state index contributed by atoms with van der Waals surface area (Å²) >= 11 is 0. The van der Waals surface area contributed by atoms with Crippen molar-refractivity contribution in [3.8, 4) is 0 Å². The molecule has 2 aromatic heterocycles. The van der Waals surface area contributed by atoms with Crippen molar-refractivity contribution in [1.82, 2.24) is 4.57 Å². The molecule has 2 N–H and O–H groups in total. The van der Waals surface area contributed by atoms with Gasteiger partial charge in [-0.05, 0) is 18.2 Å². The van der Waals surface area contributed by atoms with Gasteiger partial charge in [-0.25, -0.2) is 4.98 Å². The van der Waals surface area contributed by atoms with Crippen molar-refractivity contribution in [2.45, 2.75) is 6.67 Å². The molecule has 1 fully saturated rings. The Kier molecular flexibility index (Phi) is 3.83. The first-order chi connectivity index (χ1) is 12.9. The number of hydrogen-bond acceptors (Lipinski definition) is 1. The monoisotopic (exact) mass is 344 g/mol. The third-order valence-corrected chi connectivity index (χ3v) is 5.57. The number of nitrogens with zero attached hydrogens (tertiary/aromatic N) is 2. The van der Waals surface area contributed by atoms with Crippen molar-refractivity contribution in [2.75, 3.05) is 31.1 Å². The SMILES string of the molecule is c1ccc(N2CC[NH+](Cn3c4ccccc4c4ccccc43)CC2)[nH+]c1. The molecule has 4 aromatic rings. The molecule has 5 rings (SSSR count). The quantitative estimate of drug-likeness (QED) is 0.604. The van der Waals surface area contributed by atoms with E-state index in [9.17, 15) is 0 Å². The second kappa shape index (κ2) is 6.46. The third kappa shape index (κ3) is 2.63. The Morgan fingerprint density at radius 2 is 1.38 bits per heavy atom. The molecule has 0 bridgehead atoms. The fourth-order valence-corrected chi connectivity index (χ4v) is 4.20. The van der Waals surface area contributed by atoms with Crippen LogP contribution in [0.4, 0.5) is 5.82 Å². The minimum atomic E-state index is 1.03. The summed E-state index contributed by atoms with van der Waals surface area (Å²) in [6.07, 6.45) is 2.01. The summed E-state index contributed by atoms with van der Waals surface area (Å²) in [6, 6.07) is 23.9. The van der Waals surface area contributed by atoms with Crippen molar-refractivity contribution in [1.29, 1.82) is 0 Å². The van der Waals surface area contributed by atoms with E-state index in [1.54, 1.807) is 4.90 Å². The van der Waals surface area contributed by atoms with Crippen LogP contribution in [0.15, 0.2) is 72.9 Å². The van der Waals surface area contributed by atoms with E-state index in [1.165, 1.54) is 27.6 Å². The number of para-hydroxylation sites is 2. The second-order valence-electron chi connectivity index (χ2n) is 7.11. The Bertz CT molecular complexity index is 977. The van der Waals surface area contributed by atoms with E-state index in [1.807, 2.05) is 12.3 Å². The van der Waals surface area contributed by atoms with Crippen LogP contribution in [0, 0.1) is 0 Å². The lowest BCUT2D eigenvalue weighted by Gasteiger charge is -2.28. The summed E-state index contributed by atoms with van der Waals surface area (Å²) in [4.78, 5) is 7.45. The Labute approximate surface area is 153 Å². The maximum atomic E-state index is 3.36. The van der Waals surface area contributed by atoms with E-state index < -0.39 is 0 Å². The number of nitrogens with one attached hydrogen (secondary N) is 2. The van der Waals surface area contributed by atoms with Gasteiger partial charge in [0.1, 0.15) is 26.2 Å². The molecule has 1 saturated heterocycles. The average Bonchev–Trinajstić information content (AvgIpc) is 3.04. The van der Waals surface area contributed by atoms with Crippen LogP contribution in [-0.2, 0) is 6.67 Å². The van der Waals surface area contributed by atoms with Crippen molar-refractivity contribution in [3.05, 3.63) is 72.9 Å². The van der Waals surface area contributed by atoms with Crippen LogP contribution in [-0.4, -0.2) is 30.7 Å². The zero-order chi connectivity index (χ0) is 17.3. The lowest BCUT2D eigenvalue weighted by Crippen LogP contribution is -3.14. The highest BCUT2D eigenvalue weighted by molar-refractivity contribution is 6.07. The summed E-state index contributed by atoms with van der Waals surface area (Å²) in [5.41, 5.74) is 2.69. The largest absolute Gasteiger partial charge is 0.311 e. The highest BCUT2D eigenvalue weighted by atomic mass is 15.3. The fourth-order valence-electron chi connectivity index (χ4n) is 4.20. The van der Waals surface area contributed by atoms with Gasteiger partial charge in [0, 0.05) is 16.8 Å². The van der Waals surface area contributed by atoms with Gasteiger partial charge in [-0.2, -0.15) is 0 Å². The smallest absolute Gasteiger partial charge is 0.274 e. The van der Waals surface area contributed by atoms with Crippen LogP contribution in [0.1, 0.15) is 0 Å². The van der Waals surface area contributed by atoms with E-state index in [0.29, 0.717) is 0 Å². The molecule has 3 heterocycles. The van der Waals surface area contributed by atoms with Gasteiger partial charge in [-0.1, -0.05) is 42.5 Å². The molecule has 0 aliphatic carbocycles. The number of piperazine rings is 1. The van der Waals surface area contributed by atoms with Crippen LogP contribution in [0.25, 0.3) is 21.8 Å². The lowest BCUT2D eigenvalue weighted by molar-refractivity contribution is -0.922. The number of hydrogen-bond donors (Lipinski definition) is 1. The van der Waals surface area contributed by atoms with E-state index >= 15 is 0 Å². The van der Waals surface area contributed by atoms with E-state index in [4.69, 9.17) is 0 Å². The molecule has 0 spiro atoms. The molecular weight excluding hydrogens is 320 g/mol. The standard InChI is InChI=1S/C22H22N4/c1-3-9-20-18(7-1)19-8-2-4-10-21(19)26(20)17-24-13-15-25(16-14-24)22-11-5-6-12-23-22/h1-12H,13-17H2/p+2. The maximum Gasteiger partial charge on any atom is 0.274 e. The molecule has 0 atom stereocenters. The van der Waals surface area contributed by atoms with E-state index in [2.05, 4.69) is 75.1 Å². The maximum absolute atomic E-state index is 3.36. The van der Waals surface area contributed by atoms with Gasteiger partial charge in [-0.3, -0.25) is 9.47 Å². The van der Waals surface area contributed by atoms with Crippen molar-refractivity contribution in [3.63, 3.8) is 0 Å². The van der Waals surface area contributed by atoms with Gasteiger partial charge in [0.05, 0.1) is 17.2 Å². The van der Waals surface area contributed by atoms with E-state index in [-0.39, 0.29) is 0 Å². The van der Waals surface area contributed by atoms with Gasteiger partial charge in [-0.15, -0.1) is 0 Å². The summed E-state index contributed by atoms with van der Waals surface area (Å²) < 4.78 is 2.50. The topological polar surface area (TPSA) is 26.8 Å². The van der Waals surface area contributed by atoms with Gasteiger partial charge >= 0.3 is 0 Å². The highest BCUT2D eigenvalue weighted by Gasteiger charge is 2.26. The number of fused-ring (bicyclic) bond motifs is 3. The number of anilines is 1. The first-order valence-corrected chi connectivity index (χ1v) is 9.41. The minimum absolute atomic E-state index is 1.03. The molecule has 0 saturated carbocycles. The molecule has 4 heteroatoms. The number of pyridine rings is 1. The normalized spacial score (nSPS) is 15.8. The molecule has 0 amide bonds. The highest BCUT2D eigenvalue weighted by Crippen LogP contribution is 2.27. The predicted octanol–water partition coefficient (Wildman–Crippen LogP) is 1.97. The van der Waals surface area contributed by atoms with Crippen LogP contribution in [0.3, 0.4) is 0 Å². The summed E-state index contributed by atoms with van der Waals surface area (Å²) in [5, 5.41) is 2.72. The van der Waals surface area contributed by atoms with Gasteiger partial charge in [0.2, 0.25) is 0 Å². The Hall–Kier alpha value is -2.85. The molecular formula is C22H24N4+2. The lowest BCUT2D eigenvalue weighted by atomic mass is 10.2. The Morgan fingerprint density at radius 1 is 0.769 bits per heavy atom. The van der Waals surface area contributed by atoms with Crippen LogP contribution >= 0.6 is 0 Å². The van der Waals surface area contributed by atoms with Crippen molar-refractivity contribution in [2.24, 2.45) is 0 Å². The fraction of sp³-hybridized carbons (Fsp3) is 0.227. The molecule has 130 valence electrons. The molecule has 4 nitrogen and oxygen atoms in total. The molecule has 1 aliphatic rings. The number of H-pyrrole nitrogens is 1. The molecule has 0 unspecified atom stereocenters. The Morgan fingerprint density at radius 3 is 2.00 bits per heavy atom. The summed E-state index contributed by atoms with van der Waals surface area (Å²) in [7, 11) is 0. The molecule has 26 heavy (non-hydrogen) atoms. The van der Waals surface area contributed by atoms with Crippen molar-refractivity contribution < 1.29 is 9.88 Å². The minimum Gasteiger partial charge on any atom is -0.311 e. The van der Waals surface area contributed by atoms with Gasteiger partial charge in [0.25, 0.3) is 5.82 Å². The van der Waals surface area contributed by atoms with Crippen molar-refractivity contribution >= 4 is 27.6 Å². The van der Waals surface area contributed by atoms with Crippen LogP contribution in [0.5, 0.6) is 0 Å². The molecule has 1 aliphatic heterocycles. The zero-order valence-electron chi connectivity index (χ0n) is 14.9. The molecule has 2 aromatic carbocycles. The van der Waals surface area contributed by atoms with E-state index in [0.717, 1.165) is 32.8 Å². The number of quaternary nitrogens is 1. The van der Waals surface area contributed by atoms with Crippen LogP contribution < -0.4 is 14.8 Å². The average molecular weight is 344 g/mol. The number of aromatic nitrogens is 2. The summed E-state index contributed by atoms with van der Waals surface area (Å²) in [5.74, 6) is 1.23. The zero-order valence-corrected chi connectivity index (χ0v) is 14.9. The second-order valence-corrected chi connectivity index (χ2v) is 7.11. The summed E-state index contributed by atoms with van der Waals surface area (Å²) in [6.45, 7) is 5.52. The Balaban J connectivity index is 1.40. The molecule has 0 radical (unpaired) electrons. The first-order valence-electron chi connectivity index (χ1n) is 9.41.